The van der Waals surface area contributed by atoms with Gasteiger partial charge in [-0.15, -0.1) is 0 Å². The van der Waals surface area contributed by atoms with E-state index in [1.54, 1.807) is 25.1 Å². The number of esters is 1. The molecule has 3 rings (SSSR count). The summed E-state index contributed by atoms with van der Waals surface area (Å²) in [6.45, 7) is 2.64. The summed E-state index contributed by atoms with van der Waals surface area (Å²) in [7, 11) is 0. The van der Waals surface area contributed by atoms with E-state index in [0.717, 1.165) is 17.7 Å². The van der Waals surface area contributed by atoms with Crippen LogP contribution >= 0.6 is 11.6 Å². The molecular formula is C19H22ClN3O5. The topological polar surface area (TPSA) is 105 Å². The number of nitrogens with one attached hydrogen (secondary N) is 2. The van der Waals surface area contributed by atoms with Crippen molar-refractivity contribution in [2.45, 2.75) is 51.2 Å². The summed E-state index contributed by atoms with van der Waals surface area (Å²) in [6, 6.07) is 4.47. The average Bonchev–Trinajstić information content (AvgIpc) is 3.20. The van der Waals surface area contributed by atoms with Crippen LogP contribution in [0.15, 0.2) is 18.2 Å². The first kappa shape index (κ1) is 20.1. The lowest BCUT2D eigenvalue weighted by atomic mass is 9.98. The highest BCUT2D eigenvalue weighted by atomic mass is 35.5. The Hall–Kier alpha value is -2.61. The molecule has 0 unspecified atom stereocenters. The molecule has 1 saturated carbocycles. The van der Waals surface area contributed by atoms with Crippen LogP contribution in [0.5, 0.6) is 0 Å². The second-order valence-corrected chi connectivity index (χ2v) is 7.55. The predicted octanol–water partition coefficient (Wildman–Crippen LogP) is 2.38. The fourth-order valence-electron chi connectivity index (χ4n) is 3.53. The summed E-state index contributed by atoms with van der Waals surface area (Å²) in [5.74, 6) is -1.77. The van der Waals surface area contributed by atoms with Gasteiger partial charge in [0.2, 0.25) is 0 Å². The minimum Gasteiger partial charge on any atom is -0.451 e. The molecule has 1 atom stereocenters. The van der Waals surface area contributed by atoms with Crippen LogP contribution in [0, 0.1) is 6.92 Å². The van der Waals surface area contributed by atoms with Crippen molar-refractivity contribution in [2.75, 3.05) is 11.9 Å². The van der Waals surface area contributed by atoms with Crippen LogP contribution in [-0.2, 0) is 19.1 Å². The molecule has 1 aliphatic heterocycles. The van der Waals surface area contributed by atoms with E-state index < -0.39 is 42.0 Å². The van der Waals surface area contributed by atoms with Gasteiger partial charge >= 0.3 is 12.0 Å². The van der Waals surface area contributed by atoms with Gasteiger partial charge in [-0.05, 0) is 44.4 Å². The molecule has 1 spiro atoms. The van der Waals surface area contributed by atoms with Crippen LogP contribution in [0.25, 0.3) is 0 Å². The maximum absolute atomic E-state index is 12.5. The van der Waals surface area contributed by atoms with Crippen LogP contribution in [-0.4, -0.2) is 46.9 Å². The molecule has 1 aromatic rings. The Morgan fingerprint density at radius 3 is 2.68 bits per heavy atom. The number of urea groups is 1. The third-order valence-electron chi connectivity index (χ3n) is 5.19. The van der Waals surface area contributed by atoms with Gasteiger partial charge in [0.15, 0.2) is 6.10 Å². The minimum absolute atomic E-state index is 0.404. The molecule has 150 valence electrons. The standard InChI is InChI=1S/C19H22ClN3O5/c1-11-13(20)6-5-7-14(11)21-16(25)12(2)28-15(24)10-23-17(26)19(22-18(23)27)8-3-4-9-19/h5-7,12H,3-4,8-10H2,1-2H3,(H,21,25)(H,22,27)/t12-/m1/s1. The summed E-state index contributed by atoms with van der Waals surface area (Å²) in [5, 5.41) is 5.84. The minimum atomic E-state index is -1.10. The summed E-state index contributed by atoms with van der Waals surface area (Å²) in [6.07, 6.45) is 1.74. The van der Waals surface area contributed by atoms with Gasteiger partial charge in [0.1, 0.15) is 12.1 Å². The Labute approximate surface area is 167 Å². The van der Waals surface area contributed by atoms with Crippen molar-refractivity contribution in [1.82, 2.24) is 10.2 Å². The predicted molar refractivity (Wildman–Crippen MR) is 102 cm³/mol. The van der Waals surface area contributed by atoms with Crippen LogP contribution in [0.4, 0.5) is 10.5 Å². The lowest BCUT2D eigenvalue weighted by Crippen LogP contribution is -2.44. The Morgan fingerprint density at radius 1 is 1.32 bits per heavy atom. The average molecular weight is 408 g/mol. The number of ether oxygens (including phenoxy) is 1. The van der Waals surface area contributed by atoms with Crippen molar-refractivity contribution in [3.8, 4) is 0 Å². The lowest BCUT2D eigenvalue weighted by molar-refractivity contribution is -0.155. The van der Waals surface area contributed by atoms with Crippen molar-refractivity contribution < 1.29 is 23.9 Å². The van der Waals surface area contributed by atoms with E-state index >= 15 is 0 Å². The number of imide groups is 1. The van der Waals surface area contributed by atoms with E-state index in [1.165, 1.54) is 6.92 Å². The number of carbonyl (C=O) groups is 4. The molecule has 4 amide bonds. The zero-order chi connectivity index (χ0) is 20.5. The van der Waals surface area contributed by atoms with Crippen LogP contribution in [0.1, 0.15) is 38.2 Å². The molecule has 1 saturated heterocycles. The van der Waals surface area contributed by atoms with E-state index in [9.17, 15) is 19.2 Å². The summed E-state index contributed by atoms with van der Waals surface area (Å²) in [4.78, 5) is 50.0. The smallest absolute Gasteiger partial charge is 0.327 e. The van der Waals surface area contributed by atoms with Gasteiger partial charge in [0.05, 0.1) is 0 Å². The second-order valence-electron chi connectivity index (χ2n) is 7.14. The Bertz CT molecular complexity index is 835. The van der Waals surface area contributed by atoms with E-state index in [4.69, 9.17) is 16.3 Å². The number of amides is 4. The first-order valence-corrected chi connectivity index (χ1v) is 9.51. The molecule has 1 aromatic carbocycles. The molecule has 0 aromatic heterocycles. The second kappa shape index (κ2) is 7.79. The highest BCUT2D eigenvalue weighted by Gasteiger charge is 2.52. The van der Waals surface area contributed by atoms with Crippen molar-refractivity contribution in [3.05, 3.63) is 28.8 Å². The SMILES string of the molecule is Cc1c(Cl)cccc1NC(=O)[C@@H](C)OC(=O)CN1C(=O)NC2(CCCC2)C1=O. The third-order valence-corrected chi connectivity index (χ3v) is 5.60. The van der Waals surface area contributed by atoms with E-state index in [2.05, 4.69) is 10.6 Å². The van der Waals surface area contributed by atoms with Crippen molar-refractivity contribution in [2.24, 2.45) is 0 Å². The van der Waals surface area contributed by atoms with Crippen LogP contribution in [0.3, 0.4) is 0 Å². The number of hydrogen-bond acceptors (Lipinski definition) is 5. The Morgan fingerprint density at radius 2 is 2.00 bits per heavy atom. The Balaban J connectivity index is 1.57. The highest BCUT2D eigenvalue weighted by molar-refractivity contribution is 6.31. The number of hydrogen-bond donors (Lipinski definition) is 2. The molecule has 1 aliphatic carbocycles. The monoisotopic (exact) mass is 407 g/mol. The van der Waals surface area contributed by atoms with E-state index in [-0.39, 0.29) is 0 Å². The molecule has 9 heteroatoms. The Kier molecular flexibility index (Phi) is 5.60. The maximum Gasteiger partial charge on any atom is 0.327 e. The number of rotatable bonds is 5. The first-order valence-electron chi connectivity index (χ1n) is 9.13. The van der Waals surface area contributed by atoms with Gasteiger partial charge in [-0.2, -0.15) is 0 Å². The van der Waals surface area contributed by atoms with Gasteiger partial charge in [-0.1, -0.05) is 30.5 Å². The molecule has 8 nitrogen and oxygen atoms in total. The third kappa shape index (κ3) is 3.82. The number of nitrogens with zero attached hydrogens (tertiary/aromatic N) is 1. The van der Waals surface area contributed by atoms with E-state index in [1.807, 2.05) is 0 Å². The molecular weight excluding hydrogens is 386 g/mol. The largest absolute Gasteiger partial charge is 0.451 e. The fraction of sp³-hybridized carbons (Fsp3) is 0.474. The zero-order valence-electron chi connectivity index (χ0n) is 15.7. The number of carbonyl (C=O) groups excluding carboxylic acids is 4. The molecule has 2 aliphatic rings. The molecule has 0 bridgehead atoms. The highest BCUT2D eigenvalue weighted by Crippen LogP contribution is 2.35. The first-order chi connectivity index (χ1) is 13.2. The van der Waals surface area contributed by atoms with Crippen LogP contribution in [0.2, 0.25) is 5.02 Å². The van der Waals surface area contributed by atoms with Gasteiger partial charge in [-0.25, -0.2) is 4.79 Å². The summed E-state index contributed by atoms with van der Waals surface area (Å²) < 4.78 is 5.11. The van der Waals surface area contributed by atoms with Gasteiger partial charge in [0.25, 0.3) is 11.8 Å². The van der Waals surface area contributed by atoms with Gasteiger partial charge in [-0.3, -0.25) is 19.3 Å². The van der Waals surface area contributed by atoms with Crippen molar-refractivity contribution in [1.29, 1.82) is 0 Å². The lowest BCUT2D eigenvalue weighted by Gasteiger charge is -2.20. The number of halogens is 1. The fourth-order valence-corrected chi connectivity index (χ4v) is 3.71. The van der Waals surface area contributed by atoms with Crippen molar-refractivity contribution in [3.63, 3.8) is 0 Å². The normalized spacial score (nSPS) is 18.9. The zero-order valence-corrected chi connectivity index (χ0v) is 16.5. The molecule has 28 heavy (non-hydrogen) atoms. The van der Waals surface area contributed by atoms with E-state index in [0.29, 0.717) is 29.1 Å². The molecule has 1 heterocycles. The summed E-state index contributed by atoms with van der Waals surface area (Å²) >= 11 is 6.02. The summed E-state index contributed by atoms with van der Waals surface area (Å²) in [5.41, 5.74) is 0.319. The van der Waals surface area contributed by atoms with Crippen molar-refractivity contribution >= 4 is 41.1 Å². The van der Waals surface area contributed by atoms with Crippen LogP contribution < -0.4 is 10.6 Å². The number of anilines is 1. The molecule has 2 N–H and O–H groups in total. The molecule has 0 radical (unpaired) electrons. The maximum atomic E-state index is 12.5. The molecule has 2 fully saturated rings. The van der Waals surface area contributed by atoms with Gasteiger partial charge < -0.3 is 15.4 Å². The number of benzene rings is 1. The van der Waals surface area contributed by atoms with Gasteiger partial charge in [0, 0.05) is 10.7 Å². The quantitative estimate of drug-likeness (QED) is 0.576.